The fourth-order valence-electron chi connectivity index (χ4n) is 4.22. The number of fused-ring (bicyclic) bond motifs is 3. The maximum atomic E-state index is 12.8. The average molecular weight is 453 g/mol. The van der Waals surface area contributed by atoms with Gasteiger partial charge in [-0.05, 0) is 28.3 Å². The van der Waals surface area contributed by atoms with Gasteiger partial charge in [-0.1, -0.05) is 66.7 Å². The summed E-state index contributed by atoms with van der Waals surface area (Å²) in [6.07, 6.45) is -0.892. The van der Waals surface area contributed by atoms with Gasteiger partial charge in [0.25, 0.3) is 0 Å². The highest BCUT2D eigenvalue weighted by molar-refractivity contribution is 5.82. The second-order valence-corrected chi connectivity index (χ2v) is 7.57. The van der Waals surface area contributed by atoms with Gasteiger partial charge >= 0.3 is 18.7 Å². The van der Waals surface area contributed by atoms with Crippen molar-refractivity contribution in [3.05, 3.63) is 89.5 Å². The molecule has 3 aromatic rings. The number of carbonyl (C=O) groups excluding carboxylic acids is 1. The number of nitrogens with zero attached hydrogens (tertiary/aromatic N) is 1. The number of para-hydroxylation sites is 1. The molecule has 0 heterocycles. The van der Waals surface area contributed by atoms with Gasteiger partial charge in [-0.15, -0.1) is 0 Å². The largest absolute Gasteiger partial charge is 0.479 e. The lowest BCUT2D eigenvalue weighted by molar-refractivity contribution is -0.142. The highest BCUT2D eigenvalue weighted by Crippen LogP contribution is 2.44. The van der Waals surface area contributed by atoms with Gasteiger partial charge in [-0.2, -0.15) is 8.78 Å². The molecule has 0 saturated heterocycles. The van der Waals surface area contributed by atoms with E-state index in [0.717, 1.165) is 27.2 Å². The molecule has 0 fully saturated rings. The number of rotatable bonds is 7. The van der Waals surface area contributed by atoms with Gasteiger partial charge in [-0.3, -0.25) is 4.90 Å². The lowest BCUT2D eigenvalue weighted by Gasteiger charge is -2.26. The summed E-state index contributed by atoms with van der Waals surface area (Å²) in [5, 5.41) is 9.75. The summed E-state index contributed by atoms with van der Waals surface area (Å²) >= 11 is 0. The van der Waals surface area contributed by atoms with E-state index in [4.69, 9.17) is 4.74 Å². The van der Waals surface area contributed by atoms with Crippen molar-refractivity contribution in [2.24, 2.45) is 0 Å². The van der Waals surface area contributed by atoms with E-state index in [1.807, 2.05) is 48.5 Å². The van der Waals surface area contributed by atoms with Crippen LogP contribution in [0.5, 0.6) is 5.75 Å². The van der Waals surface area contributed by atoms with Crippen LogP contribution in [0.4, 0.5) is 13.6 Å². The number of aliphatic carboxylic acids is 1. The molecule has 1 unspecified atom stereocenters. The molecule has 4 rings (SSSR count). The van der Waals surface area contributed by atoms with Gasteiger partial charge in [0.2, 0.25) is 0 Å². The maximum absolute atomic E-state index is 12.8. The van der Waals surface area contributed by atoms with Crippen LogP contribution < -0.4 is 4.74 Å². The van der Waals surface area contributed by atoms with Crippen molar-refractivity contribution < 1.29 is 33.0 Å². The molecule has 0 spiro atoms. The predicted octanol–water partition coefficient (Wildman–Crippen LogP) is 5.29. The zero-order chi connectivity index (χ0) is 23.5. The number of hydrogen-bond acceptors (Lipinski definition) is 4. The zero-order valence-corrected chi connectivity index (χ0v) is 17.7. The van der Waals surface area contributed by atoms with Gasteiger partial charge in [-0.25, -0.2) is 9.59 Å². The molecule has 170 valence electrons. The Kier molecular flexibility index (Phi) is 6.26. The molecular formula is C25H21F2NO5. The van der Waals surface area contributed by atoms with E-state index in [1.54, 1.807) is 0 Å². The van der Waals surface area contributed by atoms with Crippen LogP contribution in [0, 0.1) is 0 Å². The normalized spacial score (nSPS) is 13.2. The minimum absolute atomic E-state index is 0.00127. The fraction of sp³-hybridized carbons (Fsp3) is 0.200. The van der Waals surface area contributed by atoms with Crippen LogP contribution in [-0.2, 0) is 9.53 Å². The molecule has 0 saturated carbocycles. The standard InChI is InChI=1S/C25H21F2NO5/c1-28(22(23(29)30)19-12-6-7-13-21(19)33-24(26)27)25(31)32-14-20-17-10-4-2-8-15(17)16-9-3-5-11-18(16)20/h2-13,20,22,24H,14H2,1H3,(H,29,30). The highest BCUT2D eigenvalue weighted by Gasteiger charge is 2.34. The first-order chi connectivity index (χ1) is 15.9. The maximum Gasteiger partial charge on any atom is 0.410 e. The predicted molar refractivity (Wildman–Crippen MR) is 116 cm³/mol. The van der Waals surface area contributed by atoms with Gasteiger partial charge in [0.15, 0.2) is 6.04 Å². The Bertz CT molecular complexity index is 1140. The Morgan fingerprint density at radius 1 is 0.939 bits per heavy atom. The van der Waals surface area contributed by atoms with Crippen LogP contribution in [0.15, 0.2) is 72.8 Å². The van der Waals surface area contributed by atoms with Crippen LogP contribution in [0.25, 0.3) is 11.1 Å². The van der Waals surface area contributed by atoms with Crippen molar-refractivity contribution >= 4 is 12.1 Å². The topological polar surface area (TPSA) is 76.1 Å². The molecule has 0 bridgehead atoms. The summed E-state index contributed by atoms with van der Waals surface area (Å²) in [5.74, 6) is -1.93. The first kappa shape index (κ1) is 22.3. The number of carbonyl (C=O) groups is 2. The Balaban J connectivity index is 1.55. The average Bonchev–Trinajstić information content (AvgIpc) is 3.12. The lowest BCUT2D eigenvalue weighted by Crippen LogP contribution is -2.37. The summed E-state index contributed by atoms with van der Waals surface area (Å²) in [6, 6.07) is 19.5. The first-order valence-electron chi connectivity index (χ1n) is 10.2. The second kappa shape index (κ2) is 9.28. The number of carboxylic acids is 1. The van der Waals surface area contributed by atoms with E-state index >= 15 is 0 Å². The Hall–Kier alpha value is -3.94. The number of likely N-dealkylation sites (N-methyl/N-ethyl adjacent to an activating group) is 1. The number of amides is 1. The van der Waals surface area contributed by atoms with Crippen LogP contribution in [-0.4, -0.2) is 42.3 Å². The van der Waals surface area contributed by atoms with Crippen LogP contribution in [0.1, 0.15) is 28.7 Å². The van der Waals surface area contributed by atoms with Gasteiger partial charge in [0.05, 0.1) is 0 Å². The lowest BCUT2D eigenvalue weighted by atomic mass is 9.98. The molecule has 1 N–H and O–H groups in total. The van der Waals surface area contributed by atoms with E-state index in [1.165, 1.54) is 31.3 Å². The van der Waals surface area contributed by atoms with Crippen LogP contribution in [0.2, 0.25) is 0 Å². The number of ether oxygens (including phenoxy) is 2. The van der Waals surface area contributed by atoms with E-state index in [9.17, 15) is 23.5 Å². The molecular weight excluding hydrogens is 432 g/mol. The second-order valence-electron chi connectivity index (χ2n) is 7.57. The van der Waals surface area contributed by atoms with Crippen molar-refractivity contribution in [3.8, 4) is 16.9 Å². The summed E-state index contributed by atoms with van der Waals surface area (Å²) in [5.41, 5.74) is 4.06. The molecule has 1 aliphatic rings. The fourth-order valence-corrected chi connectivity index (χ4v) is 4.22. The summed E-state index contributed by atoms with van der Waals surface area (Å²) in [4.78, 5) is 25.7. The molecule has 1 aliphatic carbocycles. The van der Waals surface area contributed by atoms with Gasteiger partial charge < -0.3 is 14.6 Å². The summed E-state index contributed by atoms with van der Waals surface area (Å²) in [6.45, 7) is -3.14. The van der Waals surface area contributed by atoms with E-state index in [2.05, 4.69) is 4.74 Å². The molecule has 0 aliphatic heterocycles. The minimum atomic E-state index is -3.14. The molecule has 1 atom stereocenters. The molecule has 6 nitrogen and oxygen atoms in total. The molecule has 3 aromatic carbocycles. The third-order valence-corrected chi connectivity index (χ3v) is 5.67. The number of carboxylic acid groups (broad SMARTS) is 1. The van der Waals surface area contributed by atoms with Crippen molar-refractivity contribution in [2.75, 3.05) is 13.7 Å². The van der Waals surface area contributed by atoms with E-state index in [0.29, 0.717) is 0 Å². The monoisotopic (exact) mass is 453 g/mol. The Morgan fingerprint density at radius 2 is 1.48 bits per heavy atom. The molecule has 0 aromatic heterocycles. The van der Waals surface area contributed by atoms with Crippen molar-refractivity contribution in [3.63, 3.8) is 0 Å². The smallest absolute Gasteiger partial charge is 0.410 e. The zero-order valence-electron chi connectivity index (χ0n) is 17.7. The van der Waals surface area contributed by atoms with Gasteiger partial charge in [0, 0.05) is 18.5 Å². The minimum Gasteiger partial charge on any atom is -0.479 e. The SMILES string of the molecule is CN(C(=O)OCC1c2ccccc2-c2ccccc21)C(C(=O)O)c1ccccc1OC(F)F. The molecule has 0 radical (unpaired) electrons. The third kappa shape index (κ3) is 4.37. The number of hydrogen-bond donors (Lipinski definition) is 1. The molecule has 8 heteroatoms. The van der Waals surface area contributed by atoms with Crippen LogP contribution >= 0.6 is 0 Å². The highest BCUT2D eigenvalue weighted by atomic mass is 19.3. The van der Waals surface area contributed by atoms with Crippen molar-refractivity contribution in [1.82, 2.24) is 4.90 Å². The van der Waals surface area contributed by atoms with Gasteiger partial charge in [0.1, 0.15) is 12.4 Å². The Labute approximate surface area is 189 Å². The third-order valence-electron chi connectivity index (χ3n) is 5.67. The number of alkyl halides is 2. The van der Waals surface area contributed by atoms with E-state index in [-0.39, 0.29) is 23.8 Å². The quantitative estimate of drug-likeness (QED) is 0.526. The van der Waals surface area contributed by atoms with Crippen LogP contribution in [0.3, 0.4) is 0 Å². The summed E-state index contributed by atoms with van der Waals surface area (Å²) in [7, 11) is 1.25. The number of benzene rings is 3. The molecule has 33 heavy (non-hydrogen) atoms. The summed E-state index contributed by atoms with van der Waals surface area (Å²) < 4.78 is 35.5. The van der Waals surface area contributed by atoms with Crippen molar-refractivity contribution in [1.29, 1.82) is 0 Å². The molecule has 1 amide bonds. The first-order valence-corrected chi connectivity index (χ1v) is 10.2. The Morgan fingerprint density at radius 3 is 2.06 bits per heavy atom. The van der Waals surface area contributed by atoms with Crippen molar-refractivity contribution in [2.45, 2.75) is 18.6 Å². The number of halogens is 2. The van der Waals surface area contributed by atoms with E-state index < -0.39 is 24.7 Å².